The highest BCUT2D eigenvalue weighted by Crippen LogP contribution is 2.14. The Labute approximate surface area is 168 Å². The third-order valence-electron chi connectivity index (χ3n) is 4.66. The van der Waals surface area contributed by atoms with E-state index in [1.807, 2.05) is 31.2 Å². The van der Waals surface area contributed by atoms with E-state index in [9.17, 15) is 9.59 Å². The number of likely N-dealkylation sites (N-methyl/N-ethyl adjacent to an activating group) is 1. The number of hydrogen-bond donors (Lipinski definition) is 2. The first-order valence-corrected chi connectivity index (χ1v) is 10.2. The largest absolute Gasteiger partial charge is 0.350 e. The number of piperazine rings is 1. The van der Waals surface area contributed by atoms with Crippen molar-refractivity contribution in [1.29, 1.82) is 0 Å². The van der Waals surface area contributed by atoms with Crippen molar-refractivity contribution in [3.05, 3.63) is 39.8 Å². The fourth-order valence-electron chi connectivity index (χ4n) is 2.88. The van der Waals surface area contributed by atoms with Gasteiger partial charge >= 0.3 is 0 Å². The quantitative estimate of drug-likeness (QED) is 0.682. The zero-order valence-corrected chi connectivity index (χ0v) is 17.1. The molecule has 2 aromatic rings. The van der Waals surface area contributed by atoms with Gasteiger partial charge in [-0.1, -0.05) is 29.0 Å². The predicted molar refractivity (Wildman–Crippen MR) is 110 cm³/mol. The van der Waals surface area contributed by atoms with Crippen molar-refractivity contribution < 1.29 is 9.59 Å². The minimum atomic E-state index is -0.365. The zero-order chi connectivity index (χ0) is 19.9. The molecule has 1 saturated heterocycles. The standard InChI is InChI=1S/C19H26N6O2S/c1-14-4-6-15(7-5-14)21-17(27)19-23-22-18(28-19)16(26)20-8-3-9-25-12-10-24(2)11-13-25/h4-7H,3,8-13H2,1-2H3,(H,20,26)(H,21,27). The Balaban J connectivity index is 1.42. The SMILES string of the molecule is Cc1ccc(NC(=O)c2nnc(C(=O)NCCCN3CCN(C)CC3)s2)cc1. The van der Waals surface area contributed by atoms with Crippen LogP contribution in [0.1, 0.15) is 31.6 Å². The molecule has 0 saturated carbocycles. The summed E-state index contributed by atoms with van der Waals surface area (Å²) in [6.07, 6.45) is 0.884. The number of nitrogens with one attached hydrogen (secondary N) is 2. The first-order chi connectivity index (χ1) is 13.5. The van der Waals surface area contributed by atoms with Gasteiger partial charge in [-0.25, -0.2) is 0 Å². The molecule has 0 aliphatic carbocycles. The lowest BCUT2D eigenvalue weighted by molar-refractivity contribution is 0.0947. The molecule has 1 aliphatic heterocycles. The number of aryl methyl sites for hydroxylation is 1. The van der Waals surface area contributed by atoms with Crippen molar-refractivity contribution in [2.24, 2.45) is 0 Å². The Morgan fingerprint density at radius 2 is 1.68 bits per heavy atom. The Bertz CT molecular complexity index is 799. The van der Waals surface area contributed by atoms with Crippen molar-refractivity contribution in [3.63, 3.8) is 0 Å². The van der Waals surface area contributed by atoms with E-state index in [0.29, 0.717) is 12.2 Å². The first-order valence-electron chi connectivity index (χ1n) is 9.42. The van der Waals surface area contributed by atoms with E-state index in [1.54, 1.807) is 0 Å². The first kappa shape index (κ1) is 20.4. The second kappa shape index (κ2) is 9.72. The van der Waals surface area contributed by atoms with E-state index in [4.69, 9.17) is 0 Å². The average Bonchev–Trinajstić information content (AvgIpc) is 3.19. The second-order valence-electron chi connectivity index (χ2n) is 6.99. The highest BCUT2D eigenvalue weighted by Gasteiger charge is 2.18. The van der Waals surface area contributed by atoms with Crippen molar-refractivity contribution >= 4 is 28.8 Å². The molecule has 1 aromatic heterocycles. The van der Waals surface area contributed by atoms with Gasteiger partial charge in [0.2, 0.25) is 10.0 Å². The maximum atomic E-state index is 12.2. The van der Waals surface area contributed by atoms with Crippen LogP contribution in [0.15, 0.2) is 24.3 Å². The number of benzene rings is 1. The number of aromatic nitrogens is 2. The smallest absolute Gasteiger partial charge is 0.286 e. The molecular formula is C19H26N6O2S. The molecule has 1 aliphatic rings. The van der Waals surface area contributed by atoms with Crippen molar-refractivity contribution in [3.8, 4) is 0 Å². The molecule has 28 heavy (non-hydrogen) atoms. The van der Waals surface area contributed by atoms with E-state index in [1.165, 1.54) is 0 Å². The number of nitrogens with zero attached hydrogens (tertiary/aromatic N) is 4. The van der Waals surface area contributed by atoms with E-state index < -0.39 is 0 Å². The van der Waals surface area contributed by atoms with Crippen LogP contribution in [-0.2, 0) is 0 Å². The van der Waals surface area contributed by atoms with Crippen LogP contribution in [0.25, 0.3) is 0 Å². The van der Waals surface area contributed by atoms with Crippen LogP contribution in [0.3, 0.4) is 0 Å². The molecule has 1 aromatic carbocycles. The van der Waals surface area contributed by atoms with E-state index in [2.05, 4.69) is 37.7 Å². The molecule has 0 unspecified atom stereocenters. The van der Waals surface area contributed by atoms with Crippen LogP contribution in [-0.4, -0.2) is 78.1 Å². The van der Waals surface area contributed by atoms with Gasteiger partial charge in [0.05, 0.1) is 0 Å². The van der Waals surface area contributed by atoms with Gasteiger partial charge in [0.25, 0.3) is 11.8 Å². The fraction of sp³-hybridized carbons (Fsp3) is 0.474. The molecule has 2 N–H and O–H groups in total. The average molecular weight is 403 g/mol. The van der Waals surface area contributed by atoms with Gasteiger partial charge in [-0.2, -0.15) is 0 Å². The molecule has 2 heterocycles. The van der Waals surface area contributed by atoms with Gasteiger partial charge in [-0.05, 0) is 39.1 Å². The van der Waals surface area contributed by atoms with Crippen molar-refractivity contribution in [2.45, 2.75) is 13.3 Å². The second-order valence-corrected chi connectivity index (χ2v) is 7.96. The van der Waals surface area contributed by atoms with Crippen LogP contribution in [0.5, 0.6) is 0 Å². The maximum Gasteiger partial charge on any atom is 0.286 e. The third-order valence-corrected chi connectivity index (χ3v) is 5.58. The number of hydrogen-bond acceptors (Lipinski definition) is 7. The normalized spacial score (nSPS) is 15.4. The summed E-state index contributed by atoms with van der Waals surface area (Å²) in [5.74, 6) is -0.652. The fourth-order valence-corrected chi connectivity index (χ4v) is 3.53. The van der Waals surface area contributed by atoms with E-state index in [0.717, 1.165) is 56.0 Å². The Hall–Kier alpha value is -2.36. The summed E-state index contributed by atoms with van der Waals surface area (Å²) in [5, 5.41) is 13.7. The Morgan fingerprint density at radius 1 is 1.04 bits per heavy atom. The van der Waals surface area contributed by atoms with Crippen molar-refractivity contribution in [2.75, 3.05) is 51.6 Å². The Morgan fingerprint density at radius 3 is 2.36 bits per heavy atom. The van der Waals surface area contributed by atoms with Gasteiger partial charge in [-0.15, -0.1) is 10.2 Å². The van der Waals surface area contributed by atoms with Gasteiger partial charge < -0.3 is 20.4 Å². The molecule has 0 atom stereocenters. The number of carbonyl (C=O) groups excluding carboxylic acids is 2. The lowest BCUT2D eigenvalue weighted by Gasteiger charge is -2.32. The summed E-state index contributed by atoms with van der Waals surface area (Å²) in [4.78, 5) is 29.2. The van der Waals surface area contributed by atoms with E-state index >= 15 is 0 Å². The van der Waals surface area contributed by atoms with Crippen LogP contribution < -0.4 is 10.6 Å². The lowest BCUT2D eigenvalue weighted by atomic mass is 10.2. The van der Waals surface area contributed by atoms with Crippen LogP contribution in [0, 0.1) is 6.92 Å². The number of amides is 2. The number of rotatable bonds is 7. The van der Waals surface area contributed by atoms with Crippen LogP contribution in [0.4, 0.5) is 5.69 Å². The lowest BCUT2D eigenvalue weighted by Crippen LogP contribution is -2.45. The molecule has 1 fully saturated rings. The highest BCUT2D eigenvalue weighted by molar-refractivity contribution is 7.15. The molecule has 9 heteroatoms. The summed E-state index contributed by atoms with van der Waals surface area (Å²) in [6, 6.07) is 7.47. The van der Waals surface area contributed by atoms with Crippen LogP contribution >= 0.6 is 11.3 Å². The summed E-state index contributed by atoms with van der Waals surface area (Å²) in [6.45, 7) is 7.84. The topological polar surface area (TPSA) is 90.5 Å². The predicted octanol–water partition coefficient (Wildman–Crippen LogP) is 1.47. The maximum absolute atomic E-state index is 12.2. The summed E-state index contributed by atoms with van der Waals surface area (Å²) in [7, 11) is 2.13. The third kappa shape index (κ3) is 5.82. The van der Waals surface area contributed by atoms with E-state index in [-0.39, 0.29) is 21.8 Å². The minimum absolute atomic E-state index is 0.170. The minimum Gasteiger partial charge on any atom is -0.350 e. The number of anilines is 1. The molecule has 150 valence electrons. The summed E-state index contributed by atoms with van der Waals surface area (Å²) < 4.78 is 0. The monoisotopic (exact) mass is 402 g/mol. The molecule has 2 amide bonds. The summed E-state index contributed by atoms with van der Waals surface area (Å²) >= 11 is 0.996. The summed E-state index contributed by atoms with van der Waals surface area (Å²) in [5.41, 5.74) is 1.79. The molecule has 0 spiro atoms. The molecule has 8 nitrogen and oxygen atoms in total. The molecule has 0 radical (unpaired) electrons. The van der Waals surface area contributed by atoms with Crippen molar-refractivity contribution in [1.82, 2.24) is 25.3 Å². The van der Waals surface area contributed by atoms with Gasteiger partial charge in [0.15, 0.2) is 0 Å². The van der Waals surface area contributed by atoms with Gasteiger partial charge in [-0.3, -0.25) is 9.59 Å². The highest BCUT2D eigenvalue weighted by atomic mass is 32.1. The number of carbonyl (C=O) groups is 2. The molecule has 3 rings (SSSR count). The van der Waals surface area contributed by atoms with Gasteiger partial charge in [0, 0.05) is 38.4 Å². The molecular weight excluding hydrogens is 376 g/mol. The zero-order valence-electron chi connectivity index (χ0n) is 16.3. The van der Waals surface area contributed by atoms with Crippen LogP contribution in [0.2, 0.25) is 0 Å². The molecule has 0 bridgehead atoms. The van der Waals surface area contributed by atoms with Gasteiger partial charge in [0.1, 0.15) is 0 Å². The Kier molecular flexibility index (Phi) is 7.07.